The van der Waals surface area contributed by atoms with E-state index in [4.69, 9.17) is 10.3 Å². The molecule has 0 bridgehead atoms. The van der Waals surface area contributed by atoms with E-state index in [-0.39, 0.29) is 0 Å². The summed E-state index contributed by atoms with van der Waals surface area (Å²) in [6, 6.07) is 0. The maximum absolute atomic E-state index is 5.44. The van der Waals surface area contributed by atoms with E-state index < -0.39 is 0 Å². The van der Waals surface area contributed by atoms with E-state index in [0.717, 1.165) is 24.1 Å². The zero-order valence-corrected chi connectivity index (χ0v) is 6.35. The van der Waals surface area contributed by atoms with Crippen LogP contribution < -0.4 is 5.73 Å². The molecule has 0 aliphatic rings. The van der Waals surface area contributed by atoms with Gasteiger partial charge in [-0.15, -0.1) is 0 Å². The van der Waals surface area contributed by atoms with Crippen molar-refractivity contribution in [3.05, 3.63) is 11.3 Å². The average molecular weight is 140 g/mol. The lowest BCUT2D eigenvalue weighted by Gasteiger charge is -1.89. The average Bonchev–Trinajstić information content (AvgIpc) is 2.20. The van der Waals surface area contributed by atoms with E-state index >= 15 is 0 Å². The second kappa shape index (κ2) is 2.73. The Morgan fingerprint density at radius 1 is 1.60 bits per heavy atom. The van der Waals surface area contributed by atoms with E-state index in [1.165, 1.54) is 0 Å². The molecule has 10 heavy (non-hydrogen) atoms. The fourth-order valence-electron chi connectivity index (χ4n) is 0.853. The number of hydrogen-bond acceptors (Lipinski definition) is 3. The normalized spacial score (nSPS) is 10.2. The lowest BCUT2D eigenvalue weighted by atomic mass is 10.2. The molecule has 2 N–H and O–H groups in total. The molecular weight excluding hydrogens is 128 g/mol. The third-order valence-corrected chi connectivity index (χ3v) is 1.54. The Balaban J connectivity index is 2.83. The van der Waals surface area contributed by atoms with Gasteiger partial charge in [-0.1, -0.05) is 18.5 Å². The van der Waals surface area contributed by atoms with Crippen molar-refractivity contribution in [3.8, 4) is 0 Å². The molecule has 0 saturated heterocycles. The van der Waals surface area contributed by atoms with Crippen LogP contribution in [0.1, 0.15) is 24.6 Å². The highest BCUT2D eigenvalue weighted by molar-refractivity contribution is 5.37. The molecule has 0 aromatic carbocycles. The Labute approximate surface area is 60.2 Å². The van der Waals surface area contributed by atoms with Crippen molar-refractivity contribution in [2.75, 3.05) is 5.73 Å². The fraction of sp³-hybridized carbons (Fsp3) is 0.571. The van der Waals surface area contributed by atoms with E-state index in [2.05, 4.69) is 12.1 Å². The van der Waals surface area contributed by atoms with Crippen molar-refractivity contribution in [3.63, 3.8) is 0 Å². The summed E-state index contributed by atoms with van der Waals surface area (Å²) >= 11 is 0. The van der Waals surface area contributed by atoms with Crippen LogP contribution in [0.3, 0.4) is 0 Å². The van der Waals surface area contributed by atoms with E-state index in [1.807, 2.05) is 6.92 Å². The molecule has 0 amide bonds. The van der Waals surface area contributed by atoms with Gasteiger partial charge >= 0.3 is 0 Å². The van der Waals surface area contributed by atoms with Crippen LogP contribution in [0, 0.1) is 6.92 Å². The van der Waals surface area contributed by atoms with Crippen molar-refractivity contribution in [1.29, 1.82) is 0 Å². The molecule has 0 radical (unpaired) electrons. The first kappa shape index (κ1) is 7.12. The molecule has 0 unspecified atom stereocenters. The van der Waals surface area contributed by atoms with Crippen molar-refractivity contribution in [2.45, 2.75) is 26.7 Å². The van der Waals surface area contributed by atoms with Crippen molar-refractivity contribution in [2.24, 2.45) is 0 Å². The van der Waals surface area contributed by atoms with E-state index in [9.17, 15) is 0 Å². The first-order chi connectivity index (χ1) is 4.75. The Bertz CT molecular complexity index is 217. The number of aryl methyl sites for hydroxylation is 1. The highest BCUT2D eigenvalue weighted by Gasteiger charge is 2.06. The Morgan fingerprint density at radius 2 is 2.30 bits per heavy atom. The number of anilines is 1. The molecule has 0 aliphatic heterocycles. The number of nitrogen functional groups attached to an aromatic ring is 1. The van der Waals surface area contributed by atoms with Gasteiger partial charge < -0.3 is 10.3 Å². The summed E-state index contributed by atoms with van der Waals surface area (Å²) in [5.41, 5.74) is 7.42. The maximum atomic E-state index is 5.44. The van der Waals surface area contributed by atoms with Crippen molar-refractivity contribution < 1.29 is 4.52 Å². The topological polar surface area (TPSA) is 52.0 Å². The summed E-state index contributed by atoms with van der Waals surface area (Å²) in [6.45, 7) is 4.03. The minimum atomic E-state index is 0.448. The minimum absolute atomic E-state index is 0.448. The van der Waals surface area contributed by atoms with Crippen LogP contribution in [0.15, 0.2) is 4.52 Å². The second-order valence-electron chi connectivity index (χ2n) is 2.37. The van der Waals surface area contributed by atoms with Gasteiger partial charge in [0.1, 0.15) is 0 Å². The van der Waals surface area contributed by atoms with Crippen LogP contribution in [-0.2, 0) is 6.42 Å². The van der Waals surface area contributed by atoms with Crippen molar-refractivity contribution >= 4 is 5.88 Å². The molecule has 1 aromatic rings. The Kier molecular flexibility index (Phi) is 1.94. The minimum Gasteiger partial charge on any atom is -0.367 e. The number of nitrogens with two attached hydrogens (primary N) is 1. The Hall–Kier alpha value is -0.990. The molecule has 1 aromatic heterocycles. The summed E-state index contributed by atoms with van der Waals surface area (Å²) in [5, 5.41) is 3.81. The monoisotopic (exact) mass is 140 g/mol. The van der Waals surface area contributed by atoms with Crippen molar-refractivity contribution in [1.82, 2.24) is 5.16 Å². The summed E-state index contributed by atoms with van der Waals surface area (Å²) in [7, 11) is 0. The standard InChI is InChI=1S/C7H12N2O/c1-3-4-6-5(2)7(8)10-9-6/h3-4,8H2,1-2H3. The molecule has 3 nitrogen and oxygen atoms in total. The van der Waals surface area contributed by atoms with Gasteiger partial charge in [0.25, 0.3) is 0 Å². The molecule has 0 saturated carbocycles. The lowest BCUT2D eigenvalue weighted by molar-refractivity contribution is 0.427. The van der Waals surface area contributed by atoms with E-state index in [1.54, 1.807) is 0 Å². The highest BCUT2D eigenvalue weighted by Crippen LogP contribution is 2.15. The van der Waals surface area contributed by atoms with Crippen LogP contribution in [-0.4, -0.2) is 5.16 Å². The van der Waals surface area contributed by atoms with Gasteiger partial charge in [-0.2, -0.15) is 0 Å². The number of aromatic nitrogens is 1. The van der Waals surface area contributed by atoms with E-state index in [0.29, 0.717) is 5.88 Å². The fourth-order valence-corrected chi connectivity index (χ4v) is 0.853. The van der Waals surface area contributed by atoms with Gasteiger partial charge in [-0.05, 0) is 13.3 Å². The van der Waals surface area contributed by atoms with Crippen LogP contribution in [0.4, 0.5) is 5.88 Å². The van der Waals surface area contributed by atoms with Gasteiger partial charge in [-0.3, -0.25) is 0 Å². The van der Waals surface area contributed by atoms with Crippen LogP contribution in [0.25, 0.3) is 0 Å². The van der Waals surface area contributed by atoms with Gasteiger partial charge in [0.05, 0.1) is 5.69 Å². The first-order valence-electron chi connectivity index (χ1n) is 3.46. The number of nitrogens with zero attached hydrogens (tertiary/aromatic N) is 1. The highest BCUT2D eigenvalue weighted by atomic mass is 16.5. The molecule has 1 rings (SSSR count). The molecule has 0 aliphatic carbocycles. The number of rotatable bonds is 2. The smallest absolute Gasteiger partial charge is 0.225 e. The van der Waals surface area contributed by atoms with Crippen LogP contribution in [0.5, 0.6) is 0 Å². The summed E-state index contributed by atoms with van der Waals surface area (Å²) in [4.78, 5) is 0. The third-order valence-electron chi connectivity index (χ3n) is 1.54. The van der Waals surface area contributed by atoms with Gasteiger partial charge in [0.2, 0.25) is 5.88 Å². The van der Waals surface area contributed by atoms with Crippen LogP contribution >= 0.6 is 0 Å². The summed E-state index contributed by atoms with van der Waals surface area (Å²) in [6.07, 6.45) is 2.03. The van der Waals surface area contributed by atoms with Gasteiger partial charge in [0, 0.05) is 5.56 Å². The number of hydrogen-bond donors (Lipinski definition) is 1. The summed E-state index contributed by atoms with van der Waals surface area (Å²) < 4.78 is 4.78. The molecular formula is C7H12N2O. The largest absolute Gasteiger partial charge is 0.367 e. The van der Waals surface area contributed by atoms with Crippen LogP contribution in [0.2, 0.25) is 0 Å². The maximum Gasteiger partial charge on any atom is 0.225 e. The molecule has 3 heteroatoms. The van der Waals surface area contributed by atoms with Gasteiger partial charge in [-0.25, -0.2) is 0 Å². The molecule has 1 heterocycles. The predicted molar refractivity (Wildman–Crippen MR) is 39.6 cm³/mol. The molecule has 56 valence electrons. The summed E-state index contributed by atoms with van der Waals surface area (Å²) in [5.74, 6) is 0.448. The Morgan fingerprint density at radius 3 is 2.70 bits per heavy atom. The molecule has 0 atom stereocenters. The molecule has 0 spiro atoms. The first-order valence-corrected chi connectivity index (χ1v) is 3.46. The SMILES string of the molecule is CCCc1noc(N)c1C. The molecule has 0 fully saturated rings. The third kappa shape index (κ3) is 1.12. The predicted octanol–water partition coefficient (Wildman–Crippen LogP) is 1.52. The zero-order valence-electron chi connectivity index (χ0n) is 6.35. The second-order valence-corrected chi connectivity index (χ2v) is 2.37. The zero-order chi connectivity index (χ0) is 7.56. The van der Waals surface area contributed by atoms with Gasteiger partial charge in [0.15, 0.2) is 0 Å². The lowest BCUT2D eigenvalue weighted by Crippen LogP contribution is -1.88. The quantitative estimate of drug-likeness (QED) is 0.677.